The van der Waals surface area contributed by atoms with E-state index in [4.69, 9.17) is 9.84 Å². The van der Waals surface area contributed by atoms with Crippen LogP contribution in [0.5, 0.6) is 5.75 Å². The maximum absolute atomic E-state index is 13.1. The van der Waals surface area contributed by atoms with Crippen LogP contribution in [0.4, 0.5) is 11.4 Å². The molecule has 174 valence electrons. The van der Waals surface area contributed by atoms with E-state index in [0.717, 1.165) is 22.3 Å². The largest absolute Gasteiger partial charge is 0.482 e. The number of ether oxygens (including phenoxy) is 1. The summed E-state index contributed by atoms with van der Waals surface area (Å²) in [7, 11) is 4.03. The monoisotopic (exact) mass is 521 g/mol. The molecule has 0 aliphatic carbocycles. The minimum absolute atomic E-state index is 0.225. The number of carbonyl (C=O) groups excluding carboxylic acids is 1. The summed E-state index contributed by atoms with van der Waals surface area (Å²) in [5.41, 5.74) is 5.27. The Morgan fingerprint density at radius 1 is 1.09 bits per heavy atom. The Labute approximate surface area is 206 Å². The van der Waals surface area contributed by atoms with E-state index in [-0.39, 0.29) is 5.91 Å². The number of nitrogens with one attached hydrogen (secondary N) is 2. The minimum atomic E-state index is -1.06. The number of hydrogen-bond donors (Lipinski definition) is 3. The number of benzene rings is 3. The highest BCUT2D eigenvalue weighted by atomic mass is 79.9. The van der Waals surface area contributed by atoms with Crippen molar-refractivity contribution in [2.45, 2.75) is 6.54 Å². The molecule has 1 amide bonds. The van der Waals surface area contributed by atoms with E-state index < -0.39 is 12.6 Å². The lowest BCUT2D eigenvalue weighted by atomic mass is 9.99. The van der Waals surface area contributed by atoms with Crippen molar-refractivity contribution in [1.82, 2.24) is 4.90 Å². The summed E-state index contributed by atoms with van der Waals surface area (Å²) in [6, 6.07) is 20.7. The predicted octanol–water partition coefficient (Wildman–Crippen LogP) is 4.91. The van der Waals surface area contributed by atoms with Gasteiger partial charge in [0.1, 0.15) is 5.75 Å². The molecule has 0 saturated carbocycles. The van der Waals surface area contributed by atoms with Crippen LogP contribution in [0.3, 0.4) is 0 Å². The Balaban J connectivity index is 1.78. The number of carboxylic acid groups (broad SMARTS) is 1. The van der Waals surface area contributed by atoms with Gasteiger partial charge in [-0.1, -0.05) is 46.3 Å². The van der Waals surface area contributed by atoms with Crippen molar-refractivity contribution in [3.8, 4) is 5.75 Å². The summed E-state index contributed by atoms with van der Waals surface area (Å²) in [6.45, 7) is 0.370. The zero-order chi connectivity index (χ0) is 24.2. The molecule has 0 spiro atoms. The third-order valence-corrected chi connectivity index (χ3v) is 5.68. The van der Waals surface area contributed by atoms with Gasteiger partial charge in [0.2, 0.25) is 0 Å². The van der Waals surface area contributed by atoms with Gasteiger partial charge < -0.3 is 25.4 Å². The maximum Gasteiger partial charge on any atom is 0.341 e. The topological polar surface area (TPSA) is 90.9 Å². The molecule has 8 heteroatoms. The van der Waals surface area contributed by atoms with Crippen LogP contribution in [0.15, 0.2) is 71.2 Å². The number of anilines is 2. The zero-order valence-electron chi connectivity index (χ0n) is 18.8. The summed E-state index contributed by atoms with van der Waals surface area (Å²) >= 11 is 3.45. The summed E-state index contributed by atoms with van der Waals surface area (Å²) in [5.74, 6) is -0.887. The molecule has 1 heterocycles. The first-order chi connectivity index (χ1) is 16.3. The van der Waals surface area contributed by atoms with E-state index in [1.54, 1.807) is 18.2 Å². The van der Waals surface area contributed by atoms with Crippen LogP contribution in [0, 0.1) is 0 Å². The molecule has 0 aromatic heterocycles. The summed E-state index contributed by atoms with van der Waals surface area (Å²) < 4.78 is 6.24. The molecular formula is C26H24BrN3O4. The molecule has 0 unspecified atom stereocenters. The van der Waals surface area contributed by atoms with Gasteiger partial charge in [0.05, 0.1) is 17.0 Å². The standard InChI is InChI=1S/C26H24BrN3O4/c1-30(2)14-16-6-9-19(10-7-16)28-25(17-4-3-5-20(12-17)34-15-23(31)32)24-21-11-8-18(27)13-22(21)29-26(24)33/h3-13,28H,14-15H2,1-2H3,(H,29,33)(H,31,32)/b25-24-. The number of carbonyl (C=O) groups is 2. The van der Waals surface area contributed by atoms with Crippen molar-refractivity contribution in [3.05, 3.63) is 87.9 Å². The first-order valence-electron chi connectivity index (χ1n) is 10.6. The average molecular weight is 522 g/mol. The lowest BCUT2D eigenvalue weighted by Gasteiger charge is -2.16. The van der Waals surface area contributed by atoms with Gasteiger partial charge >= 0.3 is 5.97 Å². The molecule has 1 aliphatic rings. The van der Waals surface area contributed by atoms with Gasteiger partial charge in [0.25, 0.3) is 5.91 Å². The van der Waals surface area contributed by atoms with Gasteiger partial charge in [-0.3, -0.25) is 4.79 Å². The van der Waals surface area contributed by atoms with Crippen molar-refractivity contribution >= 4 is 50.5 Å². The molecule has 3 aromatic rings. The second kappa shape index (κ2) is 10.1. The molecule has 3 aromatic carbocycles. The zero-order valence-corrected chi connectivity index (χ0v) is 20.3. The fourth-order valence-electron chi connectivity index (χ4n) is 3.76. The smallest absolute Gasteiger partial charge is 0.341 e. The number of fused-ring (bicyclic) bond motifs is 1. The van der Waals surface area contributed by atoms with Crippen LogP contribution >= 0.6 is 15.9 Å². The van der Waals surface area contributed by atoms with Crippen molar-refractivity contribution in [1.29, 1.82) is 0 Å². The molecule has 0 bridgehead atoms. The van der Waals surface area contributed by atoms with Crippen LogP contribution in [0.25, 0.3) is 11.3 Å². The Morgan fingerprint density at radius 2 is 1.85 bits per heavy atom. The van der Waals surface area contributed by atoms with Gasteiger partial charge in [-0.05, 0) is 56.1 Å². The van der Waals surface area contributed by atoms with Crippen molar-refractivity contribution in [3.63, 3.8) is 0 Å². The first-order valence-corrected chi connectivity index (χ1v) is 11.4. The third-order valence-electron chi connectivity index (χ3n) is 5.18. The number of amides is 1. The molecule has 3 N–H and O–H groups in total. The van der Waals surface area contributed by atoms with E-state index in [1.807, 2.05) is 62.6 Å². The Morgan fingerprint density at radius 3 is 2.56 bits per heavy atom. The molecule has 0 atom stereocenters. The molecule has 34 heavy (non-hydrogen) atoms. The third kappa shape index (κ3) is 5.47. The molecule has 0 radical (unpaired) electrons. The molecule has 1 aliphatic heterocycles. The average Bonchev–Trinajstić information content (AvgIpc) is 3.11. The maximum atomic E-state index is 13.1. The highest BCUT2D eigenvalue weighted by molar-refractivity contribution is 9.10. The highest BCUT2D eigenvalue weighted by Gasteiger charge is 2.28. The van der Waals surface area contributed by atoms with Crippen LogP contribution in [0.2, 0.25) is 0 Å². The van der Waals surface area contributed by atoms with Gasteiger partial charge in [0, 0.05) is 27.8 Å². The second-order valence-electron chi connectivity index (χ2n) is 8.16. The number of aliphatic carboxylic acids is 1. The Hall–Kier alpha value is -3.62. The number of rotatable bonds is 8. The van der Waals surface area contributed by atoms with Gasteiger partial charge in [0.15, 0.2) is 6.61 Å². The van der Waals surface area contributed by atoms with Gasteiger partial charge in [-0.15, -0.1) is 0 Å². The lowest BCUT2D eigenvalue weighted by Crippen LogP contribution is -2.12. The number of nitrogens with zero attached hydrogens (tertiary/aromatic N) is 1. The molecule has 7 nitrogen and oxygen atoms in total. The first kappa shape index (κ1) is 23.5. The minimum Gasteiger partial charge on any atom is -0.482 e. The van der Waals surface area contributed by atoms with Crippen LogP contribution in [-0.4, -0.2) is 42.6 Å². The molecule has 4 rings (SSSR count). The number of hydrogen-bond acceptors (Lipinski definition) is 5. The van der Waals surface area contributed by atoms with E-state index in [1.165, 1.54) is 5.56 Å². The molecule has 0 saturated heterocycles. The molecule has 0 fully saturated rings. The van der Waals surface area contributed by atoms with E-state index in [2.05, 4.69) is 31.5 Å². The van der Waals surface area contributed by atoms with E-state index >= 15 is 0 Å². The highest BCUT2D eigenvalue weighted by Crippen LogP contribution is 2.39. The fourth-order valence-corrected chi connectivity index (χ4v) is 4.12. The van der Waals surface area contributed by atoms with Crippen molar-refractivity contribution in [2.24, 2.45) is 0 Å². The van der Waals surface area contributed by atoms with Crippen LogP contribution in [-0.2, 0) is 16.1 Å². The van der Waals surface area contributed by atoms with E-state index in [9.17, 15) is 9.59 Å². The Kier molecular flexibility index (Phi) is 7.00. The van der Waals surface area contributed by atoms with Crippen LogP contribution < -0.4 is 15.4 Å². The second-order valence-corrected chi connectivity index (χ2v) is 9.08. The molecular weight excluding hydrogens is 498 g/mol. The quantitative estimate of drug-likeness (QED) is 0.365. The number of halogens is 1. The fraction of sp³-hybridized carbons (Fsp3) is 0.154. The van der Waals surface area contributed by atoms with Gasteiger partial charge in [-0.2, -0.15) is 0 Å². The Bertz CT molecular complexity index is 1270. The predicted molar refractivity (Wildman–Crippen MR) is 137 cm³/mol. The van der Waals surface area contributed by atoms with Crippen molar-refractivity contribution < 1.29 is 19.4 Å². The summed E-state index contributed by atoms with van der Waals surface area (Å²) in [6.07, 6.45) is 0. The summed E-state index contributed by atoms with van der Waals surface area (Å²) in [4.78, 5) is 26.1. The SMILES string of the molecule is CN(C)Cc1ccc(N/C(=C2\C(=O)Nc3cc(Br)ccc32)c2cccc(OCC(=O)O)c2)cc1. The normalized spacial score (nSPS) is 13.9. The van der Waals surface area contributed by atoms with Crippen molar-refractivity contribution in [2.75, 3.05) is 31.3 Å². The van der Waals surface area contributed by atoms with Crippen LogP contribution in [0.1, 0.15) is 16.7 Å². The van der Waals surface area contributed by atoms with E-state index in [0.29, 0.717) is 28.3 Å². The summed E-state index contributed by atoms with van der Waals surface area (Å²) in [5, 5.41) is 15.3. The van der Waals surface area contributed by atoms with Gasteiger partial charge in [-0.25, -0.2) is 4.79 Å². The lowest BCUT2D eigenvalue weighted by molar-refractivity contribution is -0.139. The number of carboxylic acids is 1.